The molecule has 0 amide bonds. The molecule has 3 heterocycles. The van der Waals surface area contributed by atoms with E-state index in [1.807, 2.05) is 6.07 Å². The monoisotopic (exact) mass is 323 g/mol. The van der Waals surface area contributed by atoms with Gasteiger partial charge in [0.15, 0.2) is 9.84 Å². The summed E-state index contributed by atoms with van der Waals surface area (Å²) in [7, 11) is -3.16. The van der Waals surface area contributed by atoms with Crippen molar-refractivity contribution in [2.45, 2.75) is 30.6 Å². The molecule has 0 radical (unpaired) electrons. The van der Waals surface area contributed by atoms with Crippen LogP contribution >= 0.6 is 0 Å². The minimum absolute atomic E-state index is 0.292. The third kappa shape index (κ3) is 3.60. The maximum Gasteiger partial charge on any atom is 0.177 e. The van der Waals surface area contributed by atoms with Crippen molar-refractivity contribution in [2.75, 3.05) is 37.3 Å². The number of hydrogen-bond acceptors (Lipinski definition) is 5. The van der Waals surface area contributed by atoms with Crippen LogP contribution in [0.25, 0.3) is 0 Å². The standard InChI is InChI=1S/C16H25N3O2S/c1-22(20,21)15-2-3-16(18-12-15)19-10-6-14(7-11-19)13-4-8-17-9-5-13/h2-3,12-14,17H,4-11H2,1H3. The summed E-state index contributed by atoms with van der Waals surface area (Å²) >= 11 is 0. The van der Waals surface area contributed by atoms with Crippen LogP contribution < -0.4 is 10.2 Å². The van der Waals surface area contributed by atoms with Crippen LogP contribution in [0.5, 0.6) is 0 Å². The van der Waals surface area contributed by atoms with Crippen molar-refractivity contribution >= 4 is 15.7 Å². The summed E-state index contributed by atoms with van der Waals surface area (Å²) in [6, 6.07) is 3.50. The minimum Gasteiger partial charge on any atom is -0.357 e. The zero-order chi connectivity index (χ0) is 15.6. The SMILES string of the molecule is CS(=O)(=O)c1ccc(N2CCC(C3CCNCC3)CC2)nc1. The smallest absolute Gasteiger partial charge is 0.177 e. The van der Waals surface area contributed by atoms with Crippen molar-refractivity contribution in [1.82, 2.24) is 10.3 Å². The Kier molecular flexibility index (Phi) is 4.68. The molecule has 0 aliphatic carbocycles. The lowest BCUT2D eigenvalue weighted by atomic mass is 9.79. The molecule has 0 saturated carbocycles. The van der Waals surface area contributed by atoms with Crippen molar-refractivity contribution in [3.05, 3.63) is 18.3 Å². The quantitative estimate of drug-likeness (QED) is 0.917. The summed E-state index contributed by atoms with van der Waals surface area (Å²) in [5.41, 5.74) is 0. The number of rotatable bonds is 3. The van der Waals surface area contributed by atoms with E-state index in [0.29, 0.717) is 4.90 Å². The van der Waals surface area contributed by atoms with Crippen LogP contribution in [-0.4, -0.2) is 45.8 Å². The van der Waals surface area contributed by atoms with E-state index in [2.05, 4.69) is 15.2 Å². The molecule has 3 rings (SSSR count). The summed E-state index contributed by atoms with van der Waals surface area (Å²) in [5, 5.41) is 3.44. The van der Waals surface area contributed by atoms with Gasteiger partial charge in [0, 0.05) is 25.5 Å². The average Bonchev–Trinajstić information content (AvgIpc) is 2.55. The fourth-order valence-electron chi connectivity index (χ4n) is 3.69. The van der Waals surface area contributed by atoms with Crippen molar-refractivity contribution in [3.63, 3.8) is 0 Å². The summed E-state index contributed by atoms with van der Waals surface area (Å²) < 4.78 is 23.0. The van der Waals surface area contributed by atoms with Gasteiger partial charge in [-0.3, -0.25) is 0 Å². The Bertz CT molecular complexity index is 586. The molecule has 0 unspecified atom stereocenters. The largest absolute Gasteiger partial charge is 0.357 e. The number of pyridine rings is 1. The van der Waals surface area contributed by atoms with Gasteiger partial charge in [0.2, 0.25) is 0 Å². The van der Waals surface area contributed by atoms with E-state index in [0.717, 1.165) is 30.7 Å². The topological polar surface area (TPSA) is 62.3 Å². The molecule has 1 aromatic rings. The first-order valence-electron chi connectivity index (χ1n) is 8.16. The zero-order valence-electron chi connectivity index (χ0n) is 13.2. The second-order valence-electron chi connectivity index (χ2n) is 6.54. The molecule has 1 N–H and O–H groups in total. The van der Waals surface area contributed by atoms with Gasteiger partial charge in [-0.1, -0.05) is 0 Å². The van der Waals surface area contributed by atoms with Gasteiger partial charge in [-0.25, -0.2) is 13.4 Å². The van der Waals surface area contributed by atoms with Gasteiger partial charge in [0.05, 0.1) is 4.90 Å². The first-order valence-corrected chi connectivity index (χ1v) is 10.0. The van der Waals surface area contributed by atoms with Crippen LogP contribution in [-0.2, 0) is 9.84 Å². The zero-order valence-corrected chi connectivity index (χ0v) is 14.0. The number of nitrogens with zero attached hydrogens (tertiary/aromatic N) is 2. The second-order valence-corrected chi connectivity index (χ2v) is 8.55. The van der Waals surface area contributed by atoms with Crippen molar-refractivity contribution in [3.8, 4) is 0 Å². The van der Waals surface area contributed by atoms with E-state index in [-0.39, 0.29) is 0 Å². The highest BCUT2D eigenvalue weighted by Crippen LogP contribution is 2.32. The van der Waals surface area contributed by atoms with E-state index in [4.69, 9.17) is 0 Å². The number of hydrogen-bond donors (Lipinski definition) is 1. The van der Waals surface area contributed by atoms with Gasteiger partial charge >= 0.3 is 0 Å². The van der Waals surface area contributed by atoms with E-state index in [9.17, 15) is 8.42 Å². The predicted octanol–water partition coefficient (Wildman–Crippen LogP) is 1.70. The fraction of sp³-hybridized carbons (Fsp3) is 0.688. The molecule has 0 bridgehead atoms. The molecule has 2 saturated heterocycles. The Morgan fingerprint density at radius 3 is 2.27 bits per heavy atom. The number of anilines is 1. The molecule has 2 fully saturated rings. The molecule has 6 heteroatoms. The first kappa shape index (κ1) is 15.7. The lowest BCUT2D eigenvalue weighted by Crippen LogP contribution is -2.39. The lowest BCUT2D eigenvalue weighted by Gasteiger charge is -2.38. The highest BCUT2D eigenvalue weighted by Gasteiger charge is 2.27. The van der Waals surface area contributed by atoms with E-state index in [1.165, 1.54) is 51.2 Å². The van der Waals surface area contributed by atoms with E-state index >= 15 is 0 Å². The average molecular weight is 323 g/mol. The number of sulfone groups is 1. The van der Waals surface area contributed by atoms with Crippen LogP contribution in [0, 0.1) is 11.8 Å². The van der Waals surface area contributed by atoms with Crippen molar-refractivity contribution in [2.24, 2.45) is 11.8 Å². The Morgan fingerprint density at radius 1 is 1.09 bits per heavy atom. The maximum atomic E-state index is 11.5. The normalized spacial score (nSPS) is 22.0. The van der Waals surface area contributed by atoms with Crippen molar-refractivity contribution < 1.29 is 8.42 Å². The third-order valence-electron chi connectivity index (χ3n) is 5.06. The molecule has 22 heavy (non-hydrogen) atoms. The Balaban J connectivity index is 1.59. The summed E-state index contributed by atoms with van der Waals surface area (Å²) in [6.07, 6.45) is 7.76. The number of nitrogens with one attached hydrogen (secondary N) is 1. The highest BCUT2D eigenvalue weighted by atomic mass is 32.2. The van der Waals surface area contributed by atoms with Crippen LogP contribution in [0.15, 0.2) is 23.2 Å². The van der Waals surface area contributed by atoms with Crippen LogP contribution in [0.3, 0.4) is 0 Å². The van der Waals surface area contributed by atoms with E-state index < -0.39 is 9.84 Å². The summed E-state index contributed by atoms with van der Waals surface area (Å²) in [6.45, 7) is 4.39. The van der Waals surface area contributed by atoms with Gasteiger partial charge in [-0.2, -0.15) is 0 Å². The minimum atomic E-state index is -3.16. The van der Waals surface area contributed by atoms with Crippen molar-refractivity contribution in [1.29, 1.82) is 0 Å². The Morgan fingerprint density at radius 2 is 1.73 bits per heavy atom. The summed E-state index contributed by atoms with van der Waals surface area (Å²) in [5.74, 6) is 2.62. The third-order valence-corrected chi connectivity index (χ3v) is 6.16. The van der Waals surface area contributed by atoms with Crippen LogP contribution in [0.1, 0.15) is 25.7 Å². The molecule has 0 aromatic carbocycles. The number of piperidine rings is 2. The fourth-order valence-corrected chi connectivity index (χ4v) is 4.25. The Labute approximate surface area is 133 Å². The predicted molar refractivity (Wildman–Crippen MR) is 87.9 cm³/mol. The summed E-state index contributed by atoms with van der Waals surface area (Å²) in [4.78, 5) is 6.92. The van der Waals surface area contributed by atoms with Crippen LogP contribution in [0.4, 0.5) is 5.82 Å². The van der Waals surface area contributed by atoms with Gasteiger partial charge in [-0.15, -0.1) is 0 Å². The molecule has 0 atom stereocenters. The maximum absolute atomic E-state index is 11.5. The van der Waals surface area contributed by atoms with Gasteiger partial charge in [-0.05, 0) is 62.7 Å². The van der Waals surface area contributed by atoms with Gasteiger partial charge in [0.25, 0.3) is 0 Å². The molecule has 5 nitrogen and oxygen atoms in total. The van der Waals surface area contributed by atoms with E-state index in [1.54, 1.807) is 6.07 Å². The van der Waals surface area contributed by atoms with Gasteiger partial charge < -0.3 is 10.2 Å². The molecule has 0 spiro atoms. The molecular formula is C16H25N3O2S. The number of aromatic nitrogens is 1. The highest BCUT2D eigenvalue weighted by molar-refractivity contribution is 7.90. The molecular weight excluding hydrogens is 298 g/mol. The lowest BCUT2D eigenvalue weighted by molar-refractivity contribution is 0.221. The van der Waals surface area contributed by atoms with Crippen LogP contribution in [0.2, 0.25) is 0 Å². The Hall–Kier alpha value is -1.14. The molecule has 122 valence electrons. The first-order chi connectivity index (χ1) is 10.5. The molecule has 1 aromatic heterocycles. The molecule has 2 aliphatic rings. The molecule has 2 aliphatic heterocycles. The van der Waals surface area contributed by atoms with Gasteiger partial charge in [0.1, 0.15) is 5.82 Å². The second kappa shape index (κ2) is 6.54.